The number of aromatic nitrogens is 1. The van der Waals surface area contributed by atoms with Crippen LogP contribution in [-0.2, 0) is 11.2 Å². The zero-order valence-electron chi connectivity index (χ0n) is 7.90. The number of aliphatic carboxylic acids is 1. The van der Waals surface area contributed by atoms with Crippen molar-refractivity contribution in [2.75, 3.05) is 0 Å². The first-order valence-electron chi connectivity index (χ1n) is 4.92. The van der Waals surface area contributed by atoms with E-state index in [0.29, 0.717) is 11.7 Å². The van der Waals surface area contributed by atoms with Crippen LogP contribution in [0.4, 0.5) is 0 Å². The highest BCUT2D eigenvalue weighted by atomic mass is 16.5. The molecule has 0 bridgehead atoms. The van der Waals surface area contributed by atoms with E-state index < -0.39 is 5.97 Å². The van der Waals surface area contributed by atoms with Gasteiger partial charge in [0.1, 0.15) is 6.42 Å². The maximum absolute atomic E-state index is 10.5. The van der Waals surface area contributed by atoms with Crippen LogP contribution >= 0.6 is 0 Å². The first-order chi connectivity index (χ1) is 6.77. The highest BCUT2D eigenvalue weighted by Crippen LogP contribution is 2.35. The Hall–Kier alpha value is -1.32. The molecule has 4 nitrogen and oxygen atoms in total. The largest absolute Gasteiger partial charge is 0.481 e. The molecule has 0 spiro atoms. The number of carbonyl (C=O) groups is 1. The predicted octanol–water partition coefficient (Wildman–Crippen LogP) is 1.96. The van der Waals surface area contributed by atoms with E-state index in [9.17, 15) is 4.79 Å². The van der Waals surface area contributed by atoms with Gasteiger partial charge in [0.25, 0.3) is 0 Å². The number of hydrogen-bond acceptors (Lipinski definition) is 3. The molecule has 1 heterocycles. The van der Waals surface area contributed by atoms with E-state index in [2.05, 4.69) is 5.16 Å². The molecule has 1 fully saturated rings. The Bertz CT molecular complexity index is 326. The summed E-state index contributed by atoms with van der Waals surface area (Å²) in [6.07, 6.45) is 6.34. The molecule has 1 aliphatic rings. The number of rotatable bonds is 3. The van der Waals surface area contributed by atoms with E-state index >= 15 is 0 Å². The summed E-state index contributed by atoms with van der Waals surface area (Å²) < 4.78 is 4.96. The Labute approximate surface area is 81.9 Å². The molecule has 1 aromatic heterocycles. The molecule has 0 aliphatic heterocycles. The van der Waals surface area contributed by atoms with Gasteiger partial charge in [-0.15, -0.1) is 0 Å². The average Bonchev–Trinajstić information content (AvgIpc) is 2.70. The van der Waals surface area contributed by atoms with Crippen molar-refractivity contribution in [3.05, 3.63) is 17.5 Å². The van der Waals surface area contributed by atoms with Crippen LogP contribution in [0.1, 0.15) is 42.9 Å². The van der Waals surface area contributed by atoms with Gasteiger partial charge < -0.3 is 9.63 Å². The molecule has 2 rings (SSSR count). The van der Waals surface area contributed by atoms with E-state index in [1.54, 1.807) is 6.20 Å². The molecule has 0 atom stereocenters. The Morgan fingerprint density at radius 2 is 2.29 bits per heavy atom. The van der Waals surface area contributed by atoms with Gasteiger partial charge in [0.15, 0.2) is 5.76 Å². The van der Waals surface area contributed by atoms with Crippen LogP contribution in [0.5, 0.6) is 0 Å². The minimum absolute atomic E-state index is 0.0498. The van der Waals surface area contributed by atoms with Crippen molar-refractivity contribution in [2.24, 2.45) is 0 Å². The minimum atomic E-state index is -0.860. The Morgan fingerprint density at radius 3 is 2.93 bits per heavy atom. The molecule has 76 valence electrons. The third-order valence-corrected chi connectivity index (χ3v) is 2.78. The fraction of sp³-hybridized carbons (Fsp3) is 0.600. The van der Waals surface area contributed by atoms with E-state index in [4.69, 9.17) is 9.63 Å². The second-order valence-electron chi connectivity index (χ2n) is 3.76. The summed E-state index contributed by atoms with van der Waals surface area (Å²) in [7, 11) is 0. The molecule has 4 heteroatoms. The topological polar surface area (TPSA) is 63.3 Å². The van der Waals surface area contributed by atoms with Crippen molar-refractivity contribution >= 4 is 5.97 Å². The smallest absolute Gasteiger partial charge is 0.311 e. The summed E-state index contributed by atoms with van der Waals surface area (Å²) in [6.45, 7) is 0. The lowest BCUT2D eigenvalue weighted by atomic mass is 9.98. The van der Waals surface area contributed by atoms with Gasteiger partial charge in [-0.05, 0) is 18.8 Å². The molecule has 1 saturated carbocycles. The standard InChI is InChI=1S/C10H13NO3/c12-10(13)5-9-8(6-11-14-9)7-3-1-2-4-7/h6-7H,1-5H2,(H,12,13). The number of hydrogen-bond donors (Lipinski definition) is 1. The number of carboxylic acid groups (broad SMARTS) is 1. The maximum atomic E-state index is 10.5. The molecular weight excluding hydrogens is 182 g/mol. The molecule has 1 aliphatic carbocycles. The Morgan fingerprint density at radius 1 is 1.57 bits per heavy atom. The SMILES string of the molecule is O=C(O)Cc1oncc1C1CCCC1. The van der Waals surface area contributed by atoms with Crippen molar-refractivity contribution in [1.82, 2.24) is 5.16 Å². The summed E-state index contributed by atoms with van der Waals surface area (Å²) in [5.74, 6) is 0.140. The highest BCUT2D eigenvalue weighted by molar-refractivity contribution is 5.69. The van der Waals surface area contributed by atoms with Crippen LogP contribution in [0.3, 0.4) is 0 Å². The number of carboxylic acids is 1. The van der Waals surface area contributed by atoms with E-state index in [-0.39, 0.29) is 6.42 Å². The molecule has 0 unspecified atom stereocenters. The predicted molar refractivity (Wildman–Crippen MR) is 49.1 cm³/mol. The van der Waals surface area contributed by atoms with Crippen LogP contribution in [0.25, 0.3) is 0 Å². The van der Waals surface area contributed by atoms with Crippen molar-refractivity contribution in [3.8, 4) is 0 Å². The average molecular weight is 195 g/mol. The second-order valence-corrected chi connectivity index (χ2v) is 3.76. The van der Waals surface area contributed by atoms with Crippen molar-refractivity contribution in [3.63, 3.8) is 0 Å². The molecule has 0 amide bonds. The first kappa shape index (κ1) is 9.24. The van der Waals surface area contributed by atoms with Crippen molar-refractivity contribution in [1.29, 1.82) is 0 Å². The van der Waals surface area contributed by atoms with Gasteiger partial charge in [-0.2, -0.15) is 0 Å². The third-order valence-electron chi connectivity index (χ3n) is 2.78. The van der Waals surface area contributed by atoms with Gasteiger partial charge >= 0.3 is 5.97 Å². The van der Waals surface area contributed by atoms with Crippen LogP contribution in [0.2, 0.25) is 0 Å². The number of nitrogens with zero attached hydrogens (tertiary/aromatic N) is 1. The summed E-state index contributed by atoms with van der Waals surface area (Å²) in [5, 5.41) is 12.3. The van der Waals surface area contributed by atoms with Gasteiger partial charge in [0.05, 0.1) is 6.20 Å². The summed E-state index contributed by atoms with van der Waals surface area (Å²) in [6, 6.07) is 0. The zero-order valence-corrected chi connectivity index (χ0v) is 7.90. The Kier molecular flexibility index (Phi) is 2.52. The lowest BCUT2D eigenvalue weighted by molar-refractivity contribution is -0.136. The van der Waals surface area contributed by atoms with Gasteiger partial charge in [-0.25, -0.2) is 0 Å². The normalized spacial score (nSPS) is 17.4. The van der Waals surface area contributed by atoms with Crippen molar-refractivity contribution in [2.45, 2.75) is 38.0 Å². The molecule has 0 aromatic carbocycles. The molecule has 1 N–H and O–H groups in total. The maximum Gasteiger partial charge on any atom is 0.311 e. The monoisotopic (exact) mass is 195 g/mol. The summed E-state index contributed by atoms with van der Waals surface area (Å²) in [5.41, 5.74) is 1.00. The summed E-state index contributed by atoms with van der Waals surface area (Å²) >= 11 is 0. The fourth-order valence-electron chi connectivity index (χ4n) is 2.11. The van der Waals surface area contributed by atoms with Crippen LogP contribution in [-0.4, -0.2) is 16.2 Å². The quantitative estimate of drug-likeness (QED) is 0.800. The molecule has 0 saturated heterocycles. The van der Waals surface area contributed by atoms with Crippen LogP contribution in [0, 0.1) is 0 Å². The molecule has 1 aromatic rings. The van der Waals surface area contributed by atoms with Gasteiger partial charge in [-0.1, -0.05) is 18.0 Å². The van der Waals surface area contributed by atoms with Crippen LogP contribution < -0.4 is 0 Å². The van der Waals surface area contributed by atoms with Crippen LogP contribution in [0.15, 0.2) is 10.7 Å². The van der Waals surface area contributed by atoms with Gasteiger partial charge in [0, 0.05) is 5.56 Å². The molecular formula is C10H13NO3. The Balaban J connectivity index is 2.15. The van der Waals surface area contributed by atoms with E-state index in [1.165, 1.54) is 12.8 Å². The lowest BCUT2D eigenvalue weighted by Gasteiger charge is -2.05. The van der Waals surface area contributed by atoms with Gasteiger partial charge in [0.2, 0.25) is 0 Å². The zero-order chi connectivity index (χ0) is 9.97. The van der Waals surface area contributed by atoms with E-state index in [1.807, 2.05) is 0 Å². The van der Waals surface area contributed by atoms with E-state index in [0.717, 1.165) is 18.4 Å². The summed E-state index contributed by atoms with van der Waals surface area (Å²) in [4.78, 5) is 10.5. The lowest BCUT2D eigenvalue weighted by Crippen LogP contribution is -2.03. The second kappa shape index (κ2) is 3.82. The molecule has 14 heavy (non-hydrogen) atoms. The fourth-order valence-corrected chi connectivity index (χ4v) is 2.11. The highest BCUT2D eigenvalue weighted by Gasteiger charge is 2.23. The van der Waals surface area contributed by atoms with Gasteiger partial charge in [-0.3, -0.25) is 4.79 Å². The third kappa shape index (κ3) is 1.78. The minimum Gasteiger partial charge on any atom is -0.481 e. The molecule has 0 radical (unpaired) electrons. The van der Waals surface area contributed by atoms with Crippen molar-refractivity contribution < 1.29 is 14.4 Å². The first-order valence-corrected chi connectivity index (χ1v) is 4.92.